The number of nitrogens with two attached hydrogens (primary N) is 1. The van der Waals surface area contributed by atoms with Crippen molar-refractivity contribution in [1.29, 1.82) is 0 Å². The molecule has 116 valence electrons. The van der Waals surface area contributed by atoms with E-state index < -0.39 is 0 Å². The fourth-order valence-corrected chi connectivity index (χ4v) is 2.80. The van der Waals surface area contributed by atoms with E-state index in [0.717, 1.165) is 5.56 Å². The van der Waals surface area contributed by atoms with Crippen molar-refractivity contribution in [2.24, 2.45) is 5.73 Å². The van der Waals surface area contributed by atoms with Crippen LogP contribution in [0.5, 0.6) is 0 Å². The number of nitrogens with zero attached hydrogens (tertiary/aromatic N) is 1. The highest BCUT2D eigenvalue weighted by Gasteiger charge is 2.27. The Balaban J connectivity index is 1.75. The summed E-state index contributed by atoms with van der Waals surface area (Å²) in [6, 6.07) is 9.21. The summed E-state index contributed by atoms with van der Waals surface area (Å²) in [5.74, 6) is 0.517. The standard InChI is InChI=1S/C16H17ClN2O3/c17-14-4-2-1-3-13(14)15-9-19(5-6-21-15)16(20)11-7-12(8-18)22-10-11/h1-4,7,10,15H,5-6,8-9,18H2. The molecule has 0 bridgehead atoms. The van der Waals surface area contributed by atoms with Crippen molar-refractivity contribution < 1.29 is 13.9 Å². The number of ether oxygens (including phenoxy) is 1. The van der Waals surface area contributed by atoms with E-state index >= 15 is 0 Å². The third-order valence-corrected chi connectivity index (χ3v) is 4.05. The number of morpholine rings is 1. The van der Waals surface area contributed by atoms with E-state index in [2.05, 4.69) is 0 Å². The normalized spacial score (nSPS) is 18.5. The molecule has 2 heterocycles. The minimum absolute atomic E-state index is 0.0798. The lowest BCUT2D eigenvalue weighted by molar-refractivity contribution is -0.0228. The Labute approximate surface area is 133 Å². The van der Waals surface area contributed by atoms with E-state index in [0.29, 0.717) is 36.0 Å². The number of hydrogen-bond acceptors (Lipinski definition) is 4. The minimum Gasteiger partial charge on any atom is -0.467 e. The van der Waals surface area contributed by atoms with Gasteiger partial charge in [0.05, 0.1) is 25.3 Å². The third-order valence-electron chi connectivity index (χ3n) is 3.71. The summed E-state index contributed by atoms with van der Waals surface area (Å²) in [4.78, 5) is 14.3. The van der Waals surface area contributed by atoms with Crippen LogP contribution in [0.15, 0.2) is 41.0 Å². The molecule has 0 radical (unpaired) electrons. The van der Waals surface area contributed by atoms with Gasteiger partial charge in [-0.3, -0.25) is 4.79 Å². The lowest BCUT2D eigenvalue weighted by Crippen LogP contribution is -2.42. The molecule has 2 aromatic rings. The van der Waals surface area contributed by atoms with Gasteiger partial charge in [-0.25, -0.2) is 0 Å². The second kappa shape index (κ2) is 6.52. The van der Waals surface area contributed by atoms with E-state index in [4.69, 9.17) is 26.5 Å². The summed E-state index contributed by atoms with van der Waals surface area (Å²) in [5.41, 5.74) is 6.92. The van der Waals surface area contributed by atoms with Crippen molar-refractivity contribution in [3.63, 3.8) is 0 Å². The van der Waals surface area contributed by atoms with Crippen LogP contribution in [0.2, 0.25) is 5.02 Å². The van der Waals surface area contributed by atoms with E-state index in [1.54, 1.807) is 11.0 Å². The zero-order valence-corrected chi connectivity index (χ0v) is 12.8. The van der Waals surface area contributed by atoms with Gasteiger partial charge in [0.25, 0.3) is 5.91 Å². The van der Waals surface area contributed by atoms with Crippen molar-refractivity contribution in [3.05, 3.63) is 58.5 Å². The zero-order valence-electron chi connectivity index (χ0n) is 12.0. The SMILES string of the molecule is NCc1cc(C(=O)N2CCOC(c3ccccc3Cl)C2)co1. The molecule has 1 unspecified atom stereocenters. The molecule has 6 heteroatoms. The number of amides is 1. The highest BCUT2D eigenvalue weighted by atomic mass is 35.5. The molecule has 1 fully saturated rings. The van der Waals surface area contributed by atoms with Gasteiger partial charge in [0.2, 0.25) is 0 Å². The van der Waals surface area contributed by atoms with Gasteiger partial charge in [0, 0.05) is 17.1 Å². The lowest BCUT2D eigenvalue weighted by atomic mass is 10.1. The largest absolute Gasteiger partial charge is 0.467 e. The molecule has 1 aliphatic heterocycles. The number of furan rings is 1. The van der Waals surface area contributed by atoms with E-state index in [1.807, 2.05) is 24.3 Å². The van der Waals surface area contributed by atoms with Gasteiger partial charge in [-0.1, -0.05) is 29.8 Å². The quantitative estimate of drug-likeness (QED) is 0.944. The fourth-order valence-electron chi connectivity index (χ4n) is 2.54. The van der Waals surface area contributed by atoms with Gasteiger partial charge < -0.3 is 19.8 Å². The van der Waals surface area contributed by atoms with Crippen LogP contribution in [-0.4, -0.2) is 30.5 Å². The topological polar surface area (TPSA) is 68.7 Å². The van der Waals surface area contributed by atoms with Crippen LogP contribution in [0.4, 0.5) is 0 Å². The van der Waals surface area contributed by atoms with Crippen molar-refractivity contribution >= 4 is 17.5 Å². The second-order valence-corrected chi connectivity index (χ2v) is 5.55. The van der Waals surface area contributed by atoms with Crippen LogP contribution in [0.25, 0.3) is 0 Å². The number of hydrogen-bond donors (Lipinski definition) is 1. The minimum atomic E-state index is -0.215. The van der Waals surface area contributed by atoms with Crippen molar-refractivity contribution in [3.8, 4) is 0 Å². The second-order valence-electron chi connectivity index (χ2n) is 5.14. The molecular weight excluding hydrogens is 304 g/mol. The first kappa shape index (κ1) is 15.1. The number of carbonyl (C=O) groups is 1. The third kappa shape index (κ3) is 3.02. The lowest BCUT2D eigenvalue weighted by Gasteiger charge is -2.33. The summed E-state index contributed by atoms with van der Waals surface area (Å²) in [6.45, 7) is 1.76. The molecule has 1 aromatic heterocycles. The van der Waals surface area contributed by atoms with Crippen molar-refractivity contribution in [2.45, 2.75) is 12.6 Å². The van der Waals surface area contributed by atoms with Gasteiger partial charge in [-0.05, 0) is 12.1 Å². The Morgan fingerprint density at radius 1 is 1.41 bits per heavy atom. The van der Waals surface area contributed by atoms with Crippen LogP contribution < -0.4 is 5.73 Å². The van der Waals surface area contributed by atoms with Gasteiger partial charge in [0.1, 0.15) is 18.1 Å². The first-order valence-corrected chi connectivity index (χ1v) is 7.49. The maximum Gasteiger partial charge on any atom is 0.257 e. The molecule has 0 saturated carbocycles. The number of carbonyl (C=O) groups excluding carboxylic acids is 1. The molecule has 5 nitrogen and oxygen atoms in total. The molecule has 1 aliphatic rings. The molecule has 1 atom stereocenters. The van der Waals surface area contributed by atoms with Gasteiger partial charge >= 0.3 is 0 Å². The Bertz CT molecular complexity index is 671. The van der Waals surface area contributed by atoms with Gasteiger partial charge in [-0.2, -0.15) is 0 Å². The predicted octanol–water partition coefficient (Wildman–Crippen LogP) is 2.61. The Hall–Kier alpha value is -1.82. The molecule has 2 N–H and O–H groups in total. The molecule has 1 aromatic carbocycles. The van der Waals surface area contributed by atoms with Crippen LogP contribution in [-0.2, 0) is 11.3 Å². The number of halogens is 1. The number of benzene rings is 1. The Morgan fingerprint density at radius 2 is 2.23 bits per heavy atom. The van der Waals surface area contributed by atoms with Crippen LogP contribution in [0.3, 0.4) is 0 Å². The average molecular weight is 321 g/mol. The summed E-state index contributed by atoms with van der Waals surface area (Å²) >= 11 is 6.21. The molecule has 0 aliphatic carbocycles. The maximum absolute atomic E-state index is 12.5. The first-order chi connectivity index (χ1) is 10.7. The zero-order chi connectivity index (χ0) is 15.5. The number of rotatable bonds is 3. The van der Waals surface area contributed by atoms with Gasteiger partial charge in [0.15, 0.2) is 0 Å². The molecular formula is C16H17ClN2O3. The van der Waals surface area contributed by atoms with E-state index in [-0.39, 0.29) is 18.6 Å². The van der Waals surface area contributed by atoms with Crippen molar-refractivity contribution in [1.82, 2.24) is 4.90 Å². The van der Waals surface area contributed by atoms with E-state index in [1.165, 1.54) is 6.26 Å². The van der Waals surface area contributed by atoms with Crippen LogP contribution in [0, 0.1) is 0 Å². The highest BCUT2D eigenvalue weighted by molar-refractivity contribution is 6.31. The summed E-state index contributed by atoms with van der Waals surface area (Å²) in [5, 5.41) is 0.649. The smallest absolute Gasteiger partial charge is 0.257 e. The molecule has 22 heavy (non-hydrogen) atoms. The van der Waals surface area contributed by atoms with Gasteiger partial charge in [-0.15, -0.1) is 0 Å². The molecule has 0 spiro atoms. The van der Waals surface area contributed by atoms with E-state index in [9.17, 15) is 4.79 Å². The van der Waals surface area contributed by atoms with Crippen molar-refractivity contribution in [2.75, 3.05) is 19.7 Å². The monoisotopic (exact) mass is 320 g/mol. The molecule has 1 amide bonds. The molecule has 1 saturated heterocycles. The maximum atomic E-state index is 12.5. The summed E-state index contributed by atoms with van der Waals surface area (Å²) < 4.78 is 11.0. The highest BCUT2D eigenvalue weighted by Crippen LogP contribution is 2.28. The van der Waals surface area contributed by atoms with Crippen LogP contribution in [0.1, 0.15) is 27.8 Å². The summed E-state index contributed by atoms with van der Waals surface area (Å²) in [7, 11) is 0. The fraction of sp³-hybridized carbons (Fsp3) is 0.312. The average Bonchev–Trinajstić information content (AvgIpc) is 3.04. The van der Waals surface area contributed by atoms with Crippen LogP contribution >= 0.6 is 11.6 Å². The molecule has 3 rings (SSSR count). The predicted molar refractivity (Wildman–Crippen MR) is 82.6 cm³/mol. The summed E-state index contributed by atoms with van der Waals surface area (Å²) in [6.07, 6.45) is 1.23. The first-order valence-electron chi connectivity index (χ1n) is 7.12. The Morgan fingerprint density at radius 3 is 2.95 bits per heavy atom. The Kier molecular flexibility index (Phi) is 4.47.